The largest absolute Gasteiger partial charge is 0.290 e. The Morgan fingerprint density at radius 1 is 1.50 bits per heavy atom. The van der Waals surface area contributed by atoms with Gasteiger partial charge in [-0.25, -0.2) is 9.37 Å². The number of rotatable bonds is 1. The first-order valence-corrected chi connectivity index (χ1v) is 5.68. The second kappa shape index (κ2) is 4.39. The fourth-order valence-electron chi connectivity index (χ4n) is 1.25. The topological polar surface area (TPSA) is 41.6 Å². The van der Waals surface area contributed by atoms with Crippen LogP contribution in [0.2, 0.25) is 5.02 Å². The van der Waals surface area contributed by atoms with Crippen LogP contribution in [0.15, 0.2) is 24.5 Å². The lowest BCUT2D eigenvalue weighted by molar-refractivity contribution is 0.617. The maximum absolute atomic E-state index is 13.7. The maximum Gasteiger partial charge on any atom is 0.172 e. The van der Waals surface area contributed by atoms with Gasteiger partial charge in [-0.05, 0) is 34.7 Å². The molecule has 2 aromatic rings. The molecule has 0 bridgehead atoms. The minimum atomic E-state index is -0.524. The molecule has 3 nitrogen and oxygen atoms in total. The monoisotopic (exact) mass is 347 g/mol. The van der Waals surface area contributed by atoms with Gasteiger partial charge in [0.15, 0.2) is 11.5 Å². The smallest absolute Gasteiger partial charge is 0.172 e. The Labute approximate surface area is 110 Å². The highest BCUT2D eigenvalue weighted by molar-refractivity contribution is 14.1. The third kappa shape index (κ3) is 1.79. The van der Waals surface area contributed by atoms with E-state index in [1.165, 1.54) is 17.0 Å². The first-order valence-electron chi connectivity index (χ1n) is 4.22. The van der Waals surface area contributed by atoms with Crippen molar-refractivity contribution in [2.24, 2.45) is 0 Å². The summed E-state index contributed by atoms with van der Waals surface area (Å²) in [6.45, 7) is 0. The van der Waals surface area contributed by atoms with Gasteiger partial charge in [0.2, 0.25) is 0 Å². The predicted octanol–water partition coefficient (Wildman–Crippen LogP) is 3.14. The summed E-state index contributed by atoms with van der Waals surface area (Å²) in [4.78, 5) is 3.87. The van der Waals surface area contributed by atoms with Crippen molar-refractivity contribution in [3.05, 3.63) is 44.8 Å². The van der Waals surface area contributed by atoms with Gasteiger partial charge >= 0.3 is 0 Å². The lowest BCUT2D eigenvalue weighted by Gasteiger charge is -2.06. The summed E-state index contributed by atoms with van der Waals surface area (Å²) in [5.41, 5.74) is 0.547. The molecule has 0 atom stereocenters. The molecule has 0 aliphatic heterocycles. The van der Waals surface area contributed by atoms with Crippen LogP contribution in [0.3, 0.4) is 0 Å². The molecule has 2 rings (SSSR count). The molecule has 0 saturated heterocycles. The summed E-state index contributed by atoms with van der Waals surface area (Å²) in [5.74, 6) is -0.524. The van der Waals surface area contributed by atoms with E-state index in [9.17, 15) is 4.39 Å². The minimum Gasteiger partial charge on any atom is -0.290 e. The molecule has 0 radical (unpaired) electrons. The minimum absolute atomic E-state index is 0.0421. The number of halogens is 3. The standard InChI is InChI=1S/C10H4ClFIN3/c11-6-2-1-3-8(9(6)12)16-5-15-7(4-14)10(16)13/h1-3,5H. The van der Waals surface area contributed by atoms with Gasteiger partial charge in [0.25, 0.3) is 0 Å². The van der Waals surface area contributed by atoms with Gasteiger partial charge in [-0.15, -0.1) is 0 Å². The molecule has 0 amide bonds. The normalized spacial score (nSPS) is 10.1. The van der Waals surface area contributed by atoms with E-state index in [1.54, 1.807) is 12.1 Å². The molecule has 0 saturated carbocycles. The van der Waals surface area contributed by atoms with E-state index in [1.807, 2.05) is 28.7 Å². The van der Waals surface area contributed by atoms with Crippen molar-refractivity contribution in [1.82, 2.24) is 9.55 Å². The lowest BCUT2D eigenvalue weighted by Crippen LogP contribution is -1.99. The summed E-state index contributed by atoms with van der Waals surface area (Å²) in [5, 5.41) is 8.79. The number of hydrogen-bond donors (Lipinski definition) is 0. The van der Waals surface area contributed by atoms with Gasteiger partial charge in [-0.3, -0.25) is 4.57 Å². The van der Waals surface area contributed by atoms with Gasteiger partial charge in [-0.2, -0.15) is 5.26 Å². The van der Waals surface area contributed by atoms with Crippen LogP contribution in [0, 0.1) is 20.8 Å². The van der Waals surface area contributed by atoms with E-state index in [4.69, 9.17) is 16.9 Å². The van der Waals surface area contributed by atoms with E-state index >= 15 is 0 Å². The Hall–Kier alpha value is -1.13. The Morgan fingerprint density at radius 2 is 2.25 bits per heavy atom. The second-order valence-corrected chi connectivity index (χ2v) is 4.37. The van der Waals surface area contributed by atoms with Crippen molar-refractivity contribution in [3.63, 3.8) is 0 Å². The average Bonchev–Trinajstić information content (AvgIpc) is 2.64. The Kier molecular flexibility index (Phi) is 3.12. The third-order valence-electron chi connectivity index (χ3n) is 2.01. The molecule has 0 N–H and O–H groups in total. The predicted molar refractivity (Wildman–Crippen MR) is 66.0 cm³/mol. The molecule has 0 fully saturated rings. The van der Waals surface area contributed by atoms with Crippen molar-refractivity contribution >= 4 is 34.2 Å². The highest BCUT2D eigenvalue weighted by atomic mass is 127. The van der Waals surface area contributed by atoms with Crippen molar-refractivity contribution < 1.29 is 4.39 Å². The molecule has 16 heavy (non-hydrogen) atoms. The van der Waals surface area contributed by atoms with E-state index < -0.39 is 5.82 Å². The summed E-state index contributed by atoms with van der Waals surface area (Å²) in [7, 11) is 0. The van der Waals surface area contributed by atoms with Crippen molar-refractivity contribution in [3.8, 4) is 11.8 Å². The number of aromatic nitrogens is 2. The number of benzene rings is 1. The first-order chi connectivity index (χ1) is 7.65. The summed E-state index contributed by atoms with van der Waals surface area (Å²) < 4.78 is 15.8. The van der Waals surface area contributed by atoms with Gasteiger partial charge in [0.05, 0.1) is 10.7 Å². The number of nitriles is 1. The molecule has 0 unspecified atom stereocenters. The number of hydrogen-bond acceptors (Lipinski definition) is 2. The molecule has 80 valence electrons. The maximum atomic E-state index is 13.7. The highest BCUT2D eigenvalue weighted by Crippen LogP contribution is 2.23. The fraction of sp³-hybridized carbons (Fsp3) is 0. The fourth-order valence-corrected chi connectivity index (χ4v) is 2.07. The van der Waals surface area contributed by atoms with Crippen LogP contribution in [0.1, 0.15) is 5.69 Å². The highest BCUT2D eigenvalue weighted by Gasteiger charge is 2.13. The Bertz CT molecular complexity index is 588. The average molecular weight is 348 g/mol. The van der Waals surface area contributed by atoms with E-state index in [-0.39, 0.29) is 16.4 Å². The zero-order chi connectivity index (χ0) is 11.7. The van der Waals surface area contributed by atoms with Crippen LogP contribution in [0.4, 0.5) is 4.39 Å². The van der Waals surface area contributed by atoms with Crippen LogP contribution >= 0.6 is 34.2 Å². The van der Waals surface area contributed by atoms with Gasteiger partial charge in [0, 0.05) is 0 Å². The lowest BCUT2D eigenvalue weighted by atomic mass is 10.3. The molecular formula is C10H4ClFIN3. The zero-order valence-corrected chi connectivity index (χ0v) is 10.7. The van der Waals surface area contributed by atoms with Crippen LogP contribution in [-0.4, -0.2) is 9.55 Å². The molecule has 0 spiro atoms. The molecular weight excluding hydrogens is 343 g/mol. The molecule has 1 aromatic carbocycles. The van der Waals surface area contributed by atoms with Crippen molar-refractivity contribution in [2.45, 2.75) is 0 Å². The van der Waals surface area contributed by atoms with Crippen LogP contribution in [0.5, 0.6) is 0 Å². The van der Waals surface area contributed by atoms with Gasteiger partial charge in [0.1, 0.15) is 16.1 Å². The van der Waals surface area contributed by atoms with Crippen LogP contribution < -0.4 is 0 Å². The Balaban J connectivity index is 2.64. The van der Waals surface area contributed by atoms with Crippen LogP contribution in [0.25, 0.3) is 5.69 Å². The molecule has 1 aromatic heterocycles. The quantitative estimate of drug-likeness (QED) is 0.744. The molecule has 6 heteroatoms. The van der Waals surface area contributed by atoms with Gasteiger partial charge < -0.3 is 0 Å². The third-order valence-corrected chi connectivity index (χ3v) is 3.33. The summed E-state index contributed by atoms with van der Waals surface area (Å²) in [6.07, 6.45) is 1.40. The van der Waals surface area contributed by atoms with Gasteiger partial charge in [-0.1, -0.05) is 17.7 Å². The molecule has 0 aliphatic rings. The molecule has 1 heterocycles. The SMILES string of the molecule is N#Cc1ncn(-c2cccc(Cl)c2F)c1I. The van der Waals surface area contributed by atoms with E-state index in [0.717, 1.165) is 0 Å². The second-order valence-electron chi connectivity index (χ2n) is 2.94. The van der Waals surface area contributed by atoms with Crippen LogP contribution in [-0.2, 0) is 0 Å². The zero-order valence-electron chi connectivity index (χ0n) is 7.78. The van der Waals surface area contributed by atoms with Crippen molar-refractivity contribution in [1.29, 1.82) is 5.26 Å². The van der Waals surface area contributed by atoms with Crippen molar-refractivity contribution in [2.75, 3.05) is 0 Å². The first kappa shape index (κ1) is 11.4. The molecule has 0 aliphatic carbocycles. The Morgan fingerprint density at radius 3 is 2.88 bits per heavy atom. The summed E-state index contributed by atoms with van der Waals surface area (Å²) in [6, 6.07) is 6.61. The van der Waals surface area contributed by atoms with E-state index in [0.29, 0.717) is 3.70 Å². The number of imidazole rings is 1. The summed E-state index contributed by atoms with van der Waals surface area (Å²) >= 11 is 7.62. The van der Waals surface area contributed by atoms with E-state index in [2.05, 4.69) is 4.98 Å². The number of nitrogens with zero attached hydrogens (tertiary/aromatic N) is 3.